The summed E-state index contributed by atoms with van der Waals surface area (Å²) < 4.78 is 0. The van der Waals surface area contributed by atoms with Gasteiger partial charge in [-0.1, -0.05) is 13.8 Å². The third kappa shape index (κ3) is 3.03. The maximum atomic E-state index is 11.6. The van der Waals surface area contributed by atoms with Gasteiger partial charge in [0.1, 0.15) is 5.56 Å². The van der Waals surface area contributed by atoms with Crippen LogP contribution in [0.5, 0.6) is 0 Å². The van der Waals surface area contributed by atoms with Crippen LogP contribution in [-0.2, 0) is 12.8 Å². The second kappa shape index (κ2) is 6.50. The SMILES string of the molecule is CCc1nnc(N(CC)C(C)C)c(C(=O)O)c1CC. The molecule has 1 aromatic rings. The lowest BCUT2D eigenvalue weighted by Crippen LogP contribution is -2.33. The molecular weight excluding hydrogens is 242 g/mol. The highest BCUT2D eigenvalue weighted by Crippen LogP contribution is 2.25. The highest BCUT2D eigenvalue weighted by atomic mass is 16.4. The minimum atomic E-state index is -0.921. The number of nitrogens with zero attached hydrogens (tertiary/aromatic N) is 3. The van der Waals surface area contributed by atoms with Crippen LogP contribution in [0.3, 0.4) is 0 Å². The number of hydrogen-bond donors (Lipinski definition) is 1. The Bertz CT molecular complexity index is 458. The Hall–Kier alpha value is -1.65. The molecule has 0 spiro atoms. The molecule has 0 saturated carbocycles. The monoisotopic (exact) mass is 265 g/mol. The molecule has 0 aliphatic heterocycles. The lowest BCUT2D eigenvalue weighted by atomic mass is 10.0. The van der Waals surface area contributed by atoms with Gasteiger partial charge in [-0.3, -0.25) is 0 Å². The van der Waals surface area contributed by atoms with Crippen molar-refractivity contribution < 1.29 is 9.90 Å². The van der Waals surface area contributed by atoms with Crippen molar-refractivity contribution in [1.29, 1.82) is 0 Å². The molecule has 5 nitrogen and oxygen atoms in total. The molecule has 106 valence electrons. The number of rotatable bonds is 6. The first-order chi connectivity index (χ1) is 8.97. The number of aromatic carboxylic acids is 1. The van der Waals surface area contributed by atoms with Gasteiger partial charge in [-0.05, 0) is 39.2 Å². The molecule has 0 aliphatic rings. The summed E-state index contributed by atoms with van der Waals surface area (Å²) in [6, 6.07) is 0.189. The third-order valence-corrected chi connectivity index (χ3v) is 3.28. The van der Waals surface area contributed by atoms with E-state index in [2.05, 4.69) is 10.2 Å². The van der Waals surface area contributed by atoms with Crippen LogP contribution < -0.4 is 4.90 Å². The molecule has 0 aliphatic carbocycles. The van der Waals surface area contributed by atoms with Gasteiger partial charge in [0.15, 0.2) is 5.82 Å². The molecule has 1 aromatic heterocycles. The van der Waals surface area contributed by atoms with Crippen LogP contribution >= 0.6 is 0 Å². The molecular formula is C14H23N3O2. The first-order valence-electron chi connectivity index (χ1n) is 6.86. The average molecular weight is 265 g/mol. The first kappa shape index (κ1) is 15.4. The lowest BCUT2D eigenvalue weighted by Gasteiger charge is -2.28. The molecule has 0 unspecified atom stereocenters. The van der Waals surface area contributed by atoms with Gasteiger partial charge in [0.2, 0.25) is 0 Å². The van der Waals surface area contributed by atoms with Gasteiger partial charge >= 0.3 is 5.97 Å². The summed E-state index contributed by atoms with van der Waals surface area (Å²) in [7, 11) is 0. The standard InChI is InChI=1S/C14H23N3O2/c1-6-10-11(7-2)15-16-13(12(10)14(18)19)17(8-3)9(4)5/h9H,6-8H2,1-5H3,(H,18,19). The molecule has 0 radical (unpaired) electrons. The van der Waals surface area contributed by atoms with E-state index in [1.165, 1.54) is 0 Å². The van der Waals surface area contributed by atoms with Crippen molar-refractivity contribution in [2.75, 3.05) is 11.4 Å². The summed E-state index contributed by atoms with van der Waals surface area (Å²) in [4.78, 5) is 13.6. The van der Waals surface area contributed by atoms with Crippen LogP contribution in [0.4, 0.5) is 5.82 Å². The molecule has 1 N–H and O–H groups in total. The molecule has 0 fully saturated rings. The fraction of sp³-hybridized carbons (Fsp3) is 0.643. The number of aryl methyl sites for hydroxylation is 1. The van der Waals surface area contributed by atoms with Gasteiger partial charge in [0.05, 0.1) is 5.69 Å². The molecule has 0 aromatic carbocycles. The van der Waals surface area contributed by atoms with E-state index in [9.17, 15) is 9.90 Å². The highest BCUT2D eigenvalue weighted by molar-refractivity contribution is 5.95. The Morgan fingerprint density at radius 2 is 1.84 bits per heavy atom. The zero-order valence-electron chi connectivity index (χ0n) is 12.4. The van der Waals surface area contributed by atoms with Crippen LogP contribution in [-0.4, -0.2) is 33.9 Å². The molecule has 0 amide bonds. The van der Waals surface area contributed by atoms with E-state index in [4.69, 9.17) is 0 Å². The Labute approximate surface area is 114 Å². The van der Waals surface area contributed by atoms with Crippen LogP contribution in [0.1, 0.15) is 56.2 Å². The normalized spacial score (nSPS) is 10.8. The third-order valence-electron chi connectivity index (χ3n) is 3.28. The van der Waals surface area contributed by atoms with E-state index in [0.29, 0.717) is 30.8 Å². The molecule has 1 rings (SSSR count). The smallest absolute Gasteiger partial charge is 0.339 e. The van der Waals surface area contributed by atoms with Crippen LogP contribution in [0.25, 0.3) is 0 Å². The van der Waals surface area contributed by atoms with Crippen LogP contribution in [0.2, 0.25) is 0 Å². The number of aromatic nitrogens is 2. The predicted octanol–water partition coefficient (Wildman–Crippen LogP) is 2.53. The van der Waals surface area contributed by atoms with Crippen molar-refractivity contribution in [3.05, 3.63) is 16.8 Å². The van der Waals surface area contributed by atoms with Crippen LogP contribution in [0.15, 0.2) is 0 Å². The number of hydrogen-bond acceptors (Lipinski definition) is 4. The van der Waals surface area contributed by atoms with E-state index in [0.717, 1.165) is 11.3 Å². The minimum Gasteiger partial charge on any atom is -0.478 e. The summed E-state index contributed by atoms with van der Waals surface area (Å²) in [5.74, 6) is -0.436. The largest absolute Gasteiger partial charge is 0.478 e. The summed E-state index contributed by atoms with van der Waals surface area (Å²) in [6.45, 7) is 10.7. The second-order valence-electron chi connectivity index (χ2n) is 4.72. The predicted molar refractivity (Wildman–Crippen MR) is 75.9 cm³/mol. The summed E-state index contributed by atoms with van der Waals surface area (Å²) in [5.41, 5.74) is 1.90. The fourth-order valence-electron chi connectivity index (χ4n) is 2.35. The van der Waals surface area contributed by atoms with Gasteiger partial charge < -0.3 is 10.0 Å². The molecule has 0 saturated heterocycles. The van der Waals surface area contributed by atoms with Crippen molar-refractivity contribution in [2.45, 2.75) is 53.5 Å². The van der Waals surface area contributed by atoms with Crippen molar-refractivity contribution in [2.24, 2.45) is 0 Å². The highest BCUT2D eigenvalue weighted by Gasteiger charge is 2.24. The maximum absolute atomic E-state index is 11.6. The van der Waals surface area contributed by atoms with E-state index in [-0.39, 0.29) is 6.04 Å². The molecule has 1 heterocycles. The maximum Gasteiger partial charge on any atom is 0.339 e. The van der Waals surface area contributed by atoms with Crippen molar-refractivity contribution >= 4 is 11.8 Å². The Morgan fingerprint density at radius 3 is 2.21 bits per heavy atom. The number of carbonyl (C=O) groups is 1. The zero-order chi connectivity index (χ0) is 14.6. The number of carboxylic acid groups (broad SMARTS) is 1. The molecule has 0 atom stereocenters. The molecule has 19 heavy (non-hydrogen) atoms. The minimum absolute atomic E-state index is 0.189. The van der Waals surface area contributed by atoms with E-state index in [1.807, 2.05) is 39.5 Å². The van der Waals surface area contributed by atoms with Crippen molar-refractivity contribution in [3.63, 3.8) is 0 Å². The van der Waals surface area contributed by atoms with Gasteiger partial charge in [0, 0.05) is 12.6 Å². The zero-order valence-corrected chi connectivity index (χ0v) is 12.4. The van der Waals surface area contributed by atoms with Gasteiger partial charge in [0.25, 0.3) is 0 Å². The van der Waals surface area contributed by atoms with Gasteiger partial charge in [-0.15, -0.1) is 5.10 Å². The quantitative estimate of drug-likeness (QED) is 0.856. The summed E-state index contributed by atoms with van der Waals surface area (Å²) in [6.07, 6.45) is 1.35. The van der Waals surface area contributed by atoms with Crippen molar-refractivity contribution in [1.82, 2.24) is 10.2 Å². The Morgan fingerprint density at radius 1 is 1.21 bits per heavy atom. The summed E-state index contributed by atoms with van der Waals surface area (Å²) in [5, 5.41) is 17.9. The van der Waals surface area contributed by atoms with Crippen molar-refractivity contribution in [3.8, 4) is 0 Å². The van der Waals surface area contributed by atoms with E-state index < -0.39 is 5.97 Å². The first-order valence-corrected chi connectivity index (χ1v) is 6.86. The number of carboxylic acids is 1. The Balaban J connectivity index is 3.52. The van der Waals surface area contributed by atoms with Crippen LogP contribution in [0, 0.1) is 0 Å². The fourth-order valence-corrected chi connectivity index (χ4v) is 2.35. The molecule has 5 heteroatoms. The topological polar surface area (TPSA) is 66.3 Å². The summed E-state index contributed by atoms with van der Waals surface area (Å²) >= 11 is 0. The van der Waals surface area contributed by atoms with E-state index in [1.54, 1.807) is 0 Å². The lowest BCUT2D eigenvalue weighted by molar-refractivity contribution is 0.0695. The second-order valence-corrected chi connectivity index (χ2v) is 4.72. The average Bonchev–Trinajstić information content (AvgIpc) is 2.37. The Kier molecular flexibility index (Phi) is 5.27. The van der Waals surface area contributed by atoms with Gasteiger partial charge in [-0.2, -0.15) is 5.10 Å². The van der Waals surface area contributed by atoms with E-state index >= 15 is 0 Å². The van der Waals surface area contributed by atoms with Gasteiger partial charge in [-0.25, -0.2) is 4.79 Å². The number of anilines is 1. The molecule has 0 bridgehead atoms.